The van der Waals surface area contributed by atoms with Crippen molar-refractivity contribution in [1.82, 2.24) is 4.31 Å². The number of hydrogen-bond acceptors (Lipinski definition) is 6. The van der Waals surface area contributed by atoms with Gasteiger partial charge in [0.15, 0.2) is 0 Å². The third-order valence-electron chi connectivity index (χ3n) is 5.36. The largest absolute Gasteiger partial charge is 0.274 e. The molecule has 2 aliphatic rings. The van der Waals surface area contributed by atoms with E-state index < -0.39 is 37.9 Å². The molecule has 0 radical (unpaired) electrons. The van der Waals surface area contributed by atoms with E-state index in [0.717, 1.165) is 14.8 Å². The molecule has 1 aliphatic heterocycles. The Morgan fingerprint density at radius 3 is 1.97 bits per heavy atom. The highest BCUT2D eigenvalue weighted by atomic mass is 32.2. The van der Waals surface area contributed by atoms with Crippen molar-refractivity contribution in [3.8, 4) is 0 Å². The molecule has 31 heavy (non-hydrogen) atoms. The minimum Gasteiger partial charge on any atom is -0.274 e. The number of amides is 2. The van der Waals surface area contributed by atoms with Crippen molar-refractivity contribution < 1.29 is 26.4 Å². The predicted octanol–water partition coefficient (Wildman–Crippen LogP) is 1.13. The zero-order chi connectivity index (χ0) is 22.6. The first kappa shape index (κ1) is 21.6. The second-order valence-electron chi connectivity index (χ2n) is 7.71. The first-order valence-electron chi connectivity index (χ1n) is 9.60. The van der Waals surface area contributed by atoms with Crippen LogP contribution in [-0.4, -0.2) is 45.0 Å². The summed E-state index contributed by atoms with van der Waals surface area (Å²) >= 11 is 0. The second kappa shape index (κ2) is 7.52. The molecule has 4 rings (SSSR count). The number of hydrogen-bond donors (Lipinski definition) is 1. The summed E-state index contributed by atoms with van der Waals surface area (Å²) in [5, 5.41) is 5.08. The first-order valence-corrected chi connectivity index (χ1v) is 12.6. The van der Waals surface area contributed by atoms with E-state index in [-0.39, 0.29) is 27.9 Å². The smallest absolute Gasteiger partial charge is 0.252 e. The van der Waals surface area contributed by atoms with Crippen LogP contribution in [0, 0.1) is 6.92 Å². The number of carbonyl (C=O) groups excluding carboxylic acids is 2. The summed E-state index contributed by atoms with van der Waals surface area (Å²) in [7, 11) is -7.91. The van der Waals surface area contributed by atoms with E-state index >= 15 is 0 Å². The van der Waals surface area contributed by atoms with Gasteiger partial charge in [-0.3, -0.25) is 9.59 Å². The van der Waals surface area contributed by atoms with E-state index in [1.807, 2.05) is 6.92 Å². The fourth-order valence-corrected chi connectivity index (χ4v) is 5.99. The molecule has 1 atom stereocenters. The van der Waals surface area contributed by atoms with Crippen molar-refractivity contribution in [3.63, 3.8) is 0 Å². The molecule has 1 heterocycles. The number of primary sulfonamides is 1. The van der Waals surface area contributed by atoms with Gasteiger partial charge in [0.05, 0.1) is 21.9 Å². The van der Waals surface area contributed by atoms with E-state index in [9.17, 15) is 26.4 Å². The van der Waals surface area contributed by atoms with Crippen molar-refractivity contribution in [2.75, 3.05) is 4.90 Å². The third kappa shape index (κ3) is 4.01. The number of benzene rings is 2. The van der Waals surface area contributed by atoms with Gasteiger partial charge in [-0.25, -0.2) is 26.9 Å². The van der Waals surface area contributed by atoms with Crippen LogP contribution < -0.4 is 10.0 Å². The number of sulfonamides is 2. The molecule has 1 unspecified atom stereocenters. The fourth-order valence-electron chi connectivity index (χ4n) is 3.65. The van der Waals surface area contributed by atoms with Crippen molar-refractivity contribution >= 4 is 37.5 Å². The Kier molecular flexibility index (Phi) is 5.24. The van der Waals surface area contributed by atoms with Crippen molar-refractivity contribution in [3.05, 3.63) is 54.1 Å². The van der Waals surface area contributed by atoms with Crippen molar-refractivity contribution in [2.45, 2.75) is 48.1 Å². The van der Waals surface area contributed by atoms with Crippen LogP contribution in [0.4, 0.5) is 5.69 Å². The number of nitrogens with zero attached hydrogens (tertiary/aromatic N) is 2. The summed E-state index contributed by atoms with van der Waals surface area (Å²) in [6.45, 7) is 1.84. The molecule has 0 aromatic heterocycles. The summed E-state index contributed by atoms with van der Waals surface area (Å²) in [6, 6.07) is 9.85. The number of nitrogens with two attached hydrogens (primary N) is 1. The quantitative estimate of drug-likeness (QED) is 0.638. The molecule has 2 fully saturated rings. The Labute approximate surface area is 180 Å². The molecule has 11 heteroatoms. The van der Waals surface area contributed by atoms with E-state index in [1.165, 1.54) is 36.4 Å². The molecule has 1 saturated carbocycles. The Balaban J connectivity index is 1.67. The van der Waals surface area contributed by atoms with Crippen LogP contribution in [0.3, 0.4) is 0 Å². The molecule has 2 N–H and O–H groups in total. The number of imide groups is 1. The van der Waals surface area contributed by atoms with E-state index in [1.54, 1.807) is 12.1 Å². The number of anilines is 1. The van der Waals surface area contributed by atoms with E-state index in [0.29, 0.717) is 12.8 Å². The second-order valence-corrected chi connectivity index (χ2v) is 11.1. The number of rotatable bonds is 6. The van der Waals surface area contributed by atoms with E-state index in [2.05, 4.69) is 0 Å². The van der Waals surface area contributed by atoms with Gasteiger partial charge in [0.1, 0.15) is 6.04 Å². The third-order valence-corrected chi connectivity index (χ3v) is 8.26. The Morgan fingerprint density at radius 2 is 1.45 bits per heavy atom. The van der Waals surface area contributed by atoms with Crippen molar-refractivity contribution in [2.24, 2.45) is 5.14 Å². The topological polar surface area (TPSA) is 135 Å². The molecular formula is C20H21N3O6S2. The standard InChI is InChI=1S/C20H21N3O6S2/c1-13-2-8-17(9-3-13)31(28,29)23(15-4-5-15)18-12-19(24)22(20(18)25)14-6-10-16(11-7-14)30(21,26)27/h2-3,6-11,15,18H,4-5,12H2,1H3,(H2,21,26,27). The monoisotopic (exact) mass is 463 g/mol. The average molecular weight is 464 g/mol. The molecule has 2 amide bonds. The summed E-state index contributed by atoms with van der Waals surface area (Å²) in [6.07, 6.45) is 0.954. The Hall–Kier alpha value is -2.60. The maximum Gasteiger partial charge on any atom is 0.252 e. The van der Waals surface area contributed by atoms with Crippen LogP contribution in [0.25, 0.3) is 0 Å². The highest BCUT2D eigenvalue weighted by Gasteiger charge is 2.51. The van der Waals surface area contributed by atoms with Gasteiger partial charge in [-0.1, -0.05) is 17.7 Å². The molecule has 9 nitrogen and oxygen atoms in total. The minimum absolute atomic E-state index is 0.0706. The van der Waals surface area contributed by atoms with Gasteiger partial charge in [-0.05, 0) is 56.2 Å². The van der Waals surface area contributed by atoms with Gasteiger partial charge in [0, 0.05) is 6.04 Å². The molecular weight excluding hydrogens is 442 g/mol. The maximum absolute atomic E-state index is 13.3. The number of carbonyl (C=O) groups is 2. The van der Waals surface area contributed by atoms with Gasteiger partial charge in [-0.2, -0.15) is 4.31 Å². The lowest BCUT2D eigenvalue weighted by Gasteiger charge is -2.26. The molecule has 2 aromatic rings. The van der Waals surface area contributed by atoms with Gasteiger partial charge >= 0.3 is 0 Å². The molecule has 0 bridgehead atoms. The molecule has 164 valence electrons. The zero-order valence-electron chi connectivity index (χ0n) is 16.6. The Morgan fingerprint density at radius 1 is 0.903 bits per heavy atom. The highest BCUT2D eigenvalue weighted by Crippen LogP contribution is 2.38. The van der Waals surface area contributed by atoms with Crippen LogP contribution in [0.5, 0.6) is 0 Å². The van der Waals surface area contributed by atoms with Gasteiger partial charge in [0.25, 0.3) is 5.91 Å². The van der Waals surface area contributed by atoms with E-state index in [4.69, 9.17) is 5.14 Å². The van der Waals surface area contributed by atoms with Crippen LogP contribution in [0.1, 0.15) is 24.8 Å². The first-order chi connectivity index (χ1) is 14.5. The fraction of sp³-hybridized carbons (Fsp3) is 0.300. The summed E-state index contributed by atoms with van der Waals surface area (Å²) in [4.78, 5) is 26.6. The molecule has 1 saturated heterocycles. The SMILES string of the molecule is Cc1ccc(S(=O)(=O)N(C2CC2)C2CC(=O)N(c3ccc(S(N)(=O)=O)cc3)C2=O)cc1. The van der Waals surface area contributed by atoms with Gasteiger partial charge in [-0.15, -0.1) is 0 Å². The lowest BCUT2D eigenvalue weighted by atomic mass is 10.2. The zero-order valence-corrected chi connectivity index (χ0v) is 18.3. The lowest BCUT2D eigenvalue weighted by molar-refractivity contribution is -0.122. The average Bonchev–Trinajstić information content (AvgIpc) is 3.47. The Bertz CT molecular complexity index is 1250. The lowest BCUT2D eigenvalue weighted by Crippen LogP contribution is -2.46. The molecule has 0 spiro atoms. The minimum atomic E-state index is -3.99. The summed E-state index contributed by atoms with van der Waals surface area (Å²) < 4.78 is 50.7. The van der Waals surface area contributed by atoms with Crippen LogP contribution in [0.2, 0.25) is 0 Å². The molecule has 2 aromatic carbocycles. The highest BCUT2D eigenvalue weighted by molar-refractivity contribution is 7.89. The number of aryl methyl sites for hydroxylation is 1. The van der Waals surface area contributed by atoms with Crippen molar-refractivity contribution in [1.29, 1.82) is 0 Å². The van der Waals surface area contributed by atoms with Crippen LogP contribution in [-0.2, 0) is 29.6 Å². The maximum atomic E-state index is 13.3. The molecule has 1 aliphatic carbocycles. The van der Waals surface area contributed by atoms with Crippen LogP contribution in [0.15, 0.2) is 58.3 Å². The normalized spacial score (nSPS) is 20.0. The van der Waals surface area contributed by atoms with Crippen LogP contribution >= 0.6 is 0 Å². The van der Waals surface area contributed by atoms with Gasteiger partial charge in [0.2, 0.25) is 26.0 Å². The predicted molar refractivity (Wildman–Crippen MR) is 112 cm³/mol. The summed E-state index contributed by atoms with van der Waals surface area (Å²) in [5.41, 5.74) is 1.06. The van der Waals surface area contributed by atoms with Gasteiger partial charge < -0.3 is 0 Å². The summed E-state index contributed by atoms with van der Waals surface area (Å²) in [5.74, 6) is -1.21.